The summed E-state index contributed by atoms with van der Waals surface area (Å²) in [5, 5.41) is 11.9. The molecule has 0 spiro atoms. The van der Waals surface area contributed by atoms with Gasteiger partial charge in [-0.15, -0.1) is 11.6 Å². The van der Waals surface area contributed by atoms with Gasteiger partial charge in [0.05, 0.1) is 11.0 Å². The van der Waals surface area contributed by atoms with Gasteiger partial charge in [-0.3, -0.25) is 4.79 Å². The second-order valence-electron chi connectivity index (χ2n) is 10.0. The lowest BCUT2D eigenvalue weighted by molar-refractivity contribution is -0.183. The van der Waals surface area contributed by atoms with Gasteiger partial charge in [0.15, 0.2) is 0 Å². The van der Waals surface area contributed by atoms with Crippen molar-refractivity contribution in [2.24, 2.45) is 28.9 Å². The number of alkyl halides is 1. The van der Waals surface area contributed by atoms with Crippen LogP contribution in [-0.4, -0.2) is 21.5 Å². The van der Waals surface area contributed by atoms with E-state index in [1.165, 1.54) is 5.56 Å². The molecule has 5 saturated carbocycles. The van der Waals surface area contributed by atoms with Gasteiger partial charge in [0.2, 0.25) is 5.91 Å². The number of benzene rings is 1. The third kappa shape index (κ3) is 2.61. The third-order valence-electron chi connectivity index (χ3n) is 8.41. The van der Waals surface area contributed by atoms with Crippen molar-refractivity contribution >= 4 is 17.5 Å². The van der Waals surface area contributed by atoms with Gasteiger partial charge < -0.3 is 10.8 Å². The second-order valence-corrected chi connectivity index (χ2v) is 10.8. The first-order valence-electron chi connectivity index (χ1n) is 10.6. The summed E-state index contributed by atoms with van der Waals surface area (Å²) in [5.41, 5.74) is 5.96. The number of rotatable bonds is 4. The number of hydrogen-bond donors (Lipinski definition) is 2. The highest BCUT2D eigenvalue weighted by molar-refractivity contribution is 6.24. The topological polar surface area (TPSA) is 63.3 Å². The quantitative estimate of drug-likeness (QED) is 0.753. The molecule has 3 nitrogen and oxygen atoms in total. The Morgan fingerprint density at radius 2 is 1.85 bits per heavy atom. The standard InChI is InChI=1S/C23H30ClNO2/c24-21-11-15-10-17(13-21)19(23(27,12-15)14-21)18(16-6-2-1-3-7-16)22(20(25)26)8-4-5-9-22/h1-3,6-7,15,17-19,27H,4-5,8-14H2,(H2,25,26)/t15-,17+,18+,19-,21+,23+/m1/s1. The molecule has 4 bridgehead atoms. The lowest BCUT2D eigenvalue weighted by atomic mass is 9.44. The number of carbonyl (C=O) groups is 1. The van der Waals surface area contributed by atoms with E-state index >= 15 is 0 Å². The summed E-state index contributed by atoms with van der Waals surface area (Å²) in [6.45, 7) is 0. The molecule has 5 aliphatic carbocycles. The highest BCUT2D eigenvalue weighted by Gasteiger charge is 2.66. The van der Waals surface area contributed by atoms with E-state index in [4.69, 9.17) is 17.3 Å². The van der Waals surface area contributed by atoms with Gasteiger partial charge >= 0.3 is 0 Å². The van der Waals surface area contributed by atoms with Crippen LogP contribution in [0.1, 0.15) is 69.3 Å². The maximum absolute atomic E-state index is 12.9. The van der Waals surface area contributed by atoms with Crippen molar-refractivity contribution in [1.82, 2.24) is 0 Å². The van der Waals surface area contributed by atoms with Crippen LogP contribution in [0.15, 0.2) is 30.3 Å². The van der Waals surface area contributed by atoms with Crippen LogP contribution in [0.4, 0.5) is 0 Å². The summed E-state index contributed by atoms with van der Waals surface area (Å²) in [7, 11) is 0. The zero-order chi connectivity index (χ0) is 18.9. The van der Waals surface area contributed by atoms with Gasteiger partial charge in [-0.1, -0.05) is 43.2 Å². The molecule has 27 heavy (non-hydrogen) atoms. The molecule has 1 amide bonds. The maximum atomic E-state index is 12.9. The highest BCUT2D eigenvalue weighted by atomic mass is 35.5. The van der Waals surface area contributed by atoms with Gasteiger partial charge in [-0.25, -0.2) is 0 Å². The minimum absolute atomic E-state index is 0.00559. The molecule has 6 atom stereocenters. The molecular weight excluding hydrogens is 358 g/mol. The number of aliphatic hydroxyl groups is 1. The van der Waals surface area contributed by atoms with Crippen molar-refractivity contribution in [1.29, 1.82) is 0 Å². The van der Waals surface area contributed by atoms with Crippen LogP contribution in [0, 0.1) is 23.2 Å². The SMILES string of the molecule is NC(=O)C1([C@@H](c2ccccc2)[C@H]2[C@H]3C[C@@H]4C[C@](Cl)(C3)C[C@@]2(O)C4)CCCC1. The molecular formula is C23H30ClNO2. The molecule has 1 aromatic carbocycles. The number of carbonyl (C=O) groups excluding carboxylic acids is 1. The van der Waals surface area contributed by atoms with Crippen molar-refractivity contribution in [3.8, 4) is 0 Å². The van der Waals surface area contributed by atoms with Crippen LogP contribution in [-0.2, 0) is 4.79 Å². The van der Waals surface area contributed by atoms with Gasteiger partial charge in [0, 0.05) is 10.8 Å². The van der Waals surface area contributed by atoms with Crippen LogP contribution >= 0.6 is 11.6 Å². The predicted octanol–water partition coefficient (Wildman–Crippen LogP) is 4.36. The van der Waals surface area contributed by atoms with Crippen LogP contribution in [0.3, 0.4) is 0 Å². The zero-order valence-corrected chi connectivity index (χ0v) is 16.6. The average Bonchev–Trinajstić information content (AvgIpc) is 3.07. The van der Waals surface area contributed by atoms with Crippen molar-refractivity contribution in [2.75, 3.05) is 0 Å². The Hall–Kier alpha value is -1.06. The Morgan fingerprint density at radius 1 is 1.15 bits per heavy atom. The Morgan fingerprint density at radius 3 is 2.44 bits per heavy atom. The number of primary amides is 1. The molecule has 0 radical (unpaired) electrons. The van der Waals surface area contributed by atoms with Gasteiger partial charge in [0.25, 0.3) is 0 Å². The largest absolute Gasteiger partial charge is 0.389 e. The van der Waals surface area contributed by atoms with Crippen molar-refractivity contribution in [3.05, 3.63) is 35.9 Å². The monoisotopic (exact) mass is 387 g/mol. The van der Waals surface area contributed by atoms with Gasteiger partial charge in [0.1, 0.15) is 0 Å². The van der Waals surface area contributed by atoms with E-state index < -0.39 is 11.0 Å². The molecule has 5 aliphatic rings. The van der Waals surface area contributed by atoms with Crippen molar-refractivity contribution < 1.29 is 9.90 Å². The molecule has 0 saturated heterocycles. The minimum Gasteiger partial charge on any atom is -0.389 e. The molecule has 5 fully saturated rings. The minimum atomic E-state index is -0.766. The molecule has 0 heterocycles. The van der Waals surface area contributed by atoms with Gasteiger partial charge in [-0.05, 0) is 68.3 Å². The van der Waals surface area contributed by atoms with E-state index in [0.29, 0.717) is 18.3 Å². The third-order valence-corrected chi connectivity index (χ3v) is 8.85. The lowest BCUT2D eigenvalue weighted by Crippen LogP contribution is -2.65. The number of halogens is 1. The summed E-state index contributed by atoms with van der Waals surface area (Å²) in [6.07, 6.45) is 8.42. The summed E-state index contributed by atoms with van der Waals surface area (Å²) in [4.78, 5) is 12.6. The number of hydrogen-bond acceptors (Lipinski definition) is 2. The van der Waals surface area contributed by atoms with Crippen LogP contribution in [0.2, 0.25) is 0 Å². The van der Waals surface area contributed by atoms with E-state index in [2.05, 4.69) is 24.3 Å². The maximum Gasteiger partial charge on any atom is 0.224 e. The molecule has 3 N–H and O–H groups in total. The first kappa shape index (κ1) is 18.0. The summed E-state index contributed by atoms with van der Waals surface area (Å²) >= 11 is 6.94. The lowest BCUT2D eigenvalue weighted by Gasteiger charge is -2.64. The molecule has 0 aliphatic heterocycles. The summed E-state index contributed by atoms with van der Waals surface area (Å²) < 4.78 is 0. The number of nitrogens with two attached hydrogens (primary N) is 1. The number of amides is 1. The van der Waals surface area contributed by atoms with Crippen molar-refractivity contribution in [3.63, 3.8) is 0 Å². The fourth-order valence-corrected chi connectivity index (χ4v) is 8.53. The van der Waals surface area contributed by atoms with Crippen molar-refractivity contribution in [2.45, 2.75) is 74.2 Å². The molecule has 6 rings (SSSR count). The summed E-state index contributed by atoms with van der Waals surface area (Å²) in [5.74, 6) is 0.811. The van der Waals surface area contributed by atoms with Crippen LogP contribution < -0.4 is 5.73 Å². The zero-order valence-electron chi connectivity index (χ0n) is 15.9. The van der Waals surface area contributed by atoms with Crippen LogP contribution in [0.25, 0.3) is 0 Å². The van der Waals surface area contributed by atoms with Crippen LogP contribution in [0.5, 0.6) is 0 Å². The fraction of sp³-hybridized carbons (Fsp3) is 0.696. The molecule has 1 aromatic rings. The highest BCUT2D eigenvalue weighted by Crippen LogP contribution is 2.68. The van der Waals surface area contributed by atoms with E-state index in [1.54, 1.807) is 0 Å². The Kier molecular flexibility index (Phi) is 3.98. The normalized spacial score (nSPS) is 43.0. The Bertz CT molecular complexity index is 746. The molecule has 146 valence electrons. The predicted molar refractivity (Wildman–Crippen MR) is 106 cm³/mol. The van der Waals surface area contributed by atoms with E-state index in [0.717, 1.165) is 51.4 Å². The first-order valence-corrected chi connectivity index (χ1v) is 11.0. The Labute approximate surface area is 166 Å². The summed E-state index contributed by atoms with van der Waals surface area (Å²) in [6, 6.07) is 10.4. The molecule has 0 aromatic heterocycles. The second kappa shape index (κ2) is 5.97. The van der Waals surface area contributed by atoms with E-state index in [-0.39, 0.29) is 22.6 Å². The van der Waals surface area contributed by atoms with E-state index in [1.807, 2.05) is 6.07 Å². The average molecular weight is 388 g/mol. The molecule has 0 unspecified atom stereocenters. The first-order chi connectivity index (χ1) is 12.9. The Balaban J connectivity index is 1.65. The fourth-order valence-electron chi connectivity index (χ4n) is 7.88. The van der Waals surface area contributed by atoms with E-state index in [9.17, 15) is 9.90 Å². The molecule has 4 heteroatoms. The smallest absolute Gasteiger partial charge is 0.224 e. The van der Waals surface area contributed by atoms with Gasteiger partial charge in [-0.2, -0.15) is 0 Å².